The minimum atomic E-state index is -0.139. The third-order valence-electron chi connectivity index (χ3n) is 4.43. The van der Waals surface area contributed by atoms with Crippen LogP contribution in [0.2, 0.25) is 0 Å². The molecular formula is C22H24N2O4. The summed E-state index contributed by atoms with van der Waals surface area (Å²) in [5, 5.41) is 4.21. The van der Waals surface area contributed by atoms with Gasteiger partial charge in [0.15, 0.2) is 0 Å². The Morgan fingerprint density at radius 1 is 1.07 bits per heavy atom. The molecule has 1 amide bonds. The first-order valence-corrected chi connectivity index (χ1v) is 9.25. The lowest BCUT2D eigenvalue weighted by atomic mass is 10.1. The topological polar surface area (TPSA) is 69.6 Å². The third-order valence-corrected chi connectivity index (χ3v) is 4.43. The molecule has 0 spiro atoms. The standard InChI is InChI=1S/C22H24N2O4/c1-3-28-17-9-7-16(8-10-17)15-21(25)23-20-6-4-5-19-18(20)11-12-24(22(19)26)13-14-27-2/h4-12H,3,13-15H2,1-2H3,(H,23,25). The van der Waals surface area contributed by atoms with Crippen LogP contribution in [0.1, 0.15) is 12.5 Å². The molecule has 0 saturated carbocycles. The fraction of sp³-hybridized carbons (Fsp3) is 0.273. The number of amides is 1. The number of methoxy groups -OCH3 is 1. The molecule has 0 atom stereocenters. The van der Waals surface area contributed by atoms with Gasteiger partial charge >= 0.3 is 0 Å². The molecule has 0 aliphatic carbocycles. The van der Waals surface area contributed by atoms with E-state index in [1.807, 2.05) is 37.3 Å². The van der Waals surface area contributed by atoms with Crippen LogP contribution in [0.5, 0.6) is 5.75 Å². The van der Waals surface area contributed by atoms with Crippen LogP contribution in [0.25, 0.3) is 10.8 Å². The van der Waals surface area contributed by atoms with Crippen molar-refractivity contribution >= 4 is 22.4 Å². The molecule has 6 heteroatoms. The van der Waals surface area contributed by atoms with Gasteiger partial charge in [-0.25, -0.2) is 0 Å². The Labute approximate surface area is 163 Å². The molecule has 1 heterocycles. The number of ether oxygens (including phenoxy) is 2. The highest BCUT2D eigenvalue weighted by Crippen LogP contribution is 2.21. The second-order valence-corrected chi connectivity index (χ2v) is 6.38. The summed E-state index contributed by atoms with van der Waals surface area (Å²) in [5.41, 5.74) is 1.42. The van der Waals surface area contributed by atoms with E-state index in [0.29, 0.717) is 30.8 Å². The molecule has 1 N–H and O–H groups in total. The molecule has 3 aromatic rings. The van der Waals surface area contributed by atoms with E-state index in [-0.39, 0.29) is 17.9 Å². The van der Waals surface area contributed by atoms with Gasteiger partial charge in [-0.2, -0.15) is 0 Å². The van der Waals surface area contributed by atoms with Crippen molar-refractivity contribution in [3.8, 4) is 5.75 Å². The Balaban J connectivity index is 1.77. The number of rotatable bonds is 8. The summed E-state index contributed by atoms with van der Waals surface area (Å²) in [4.78, 5) is 25.1. The van der Waals surface area contributed by atoms with Crippen molar-refractivity contribution in [3.05, 3.63) is 70.6 Å². The predicted octanol–water partition coefficient (Wildman–Crippen LogP) is 3.23. The van der Waals surface area contributed by atoms with Crippen LogP contribution >= 0.6 is 0 Å². The number of hydrogen-bond donors (Lipinski definition) is 1. The number of nitrogens with zero attached hydrogens (tertiary/aromatic N) is 1. The smallest absolute Gasteiger partial charge is 0.258 e. The average Bonchev–Trinajstić information content (AvgIpc) is 2.70. The maximum atomic E-state index is 12.6. The summed E-state index contributed by atoms with van der Waals surface area (Å²) in [6.07, 6.45) is 1.97. The summed E-state index contributed by atoms with van der Waals surface area (Å²) in [5.74, 6) is 0.644. The average molecular weight is 380 g/mol. The molecule has 6 nitrogen and oxygen atoms in total. The van der Waals surface area contributed by atoms with Crippen molar-refractivity contribution < 1.29 is 14.3 Å². The number of nitrogens with one attached hydrogen (secondary N) is 1. The molecule has 28 heavy (non-hydrogen) atoms. The Kier molecular flexibility index (Phi) is 6.45. The van der Waals surface area contributed by atoms with Gasteiger partial charge in [-0.3, -0.25) is 9.59 Å². The highest BCUT2D eigenvalue weighted by Gasteiger charge is 2.10. The lowest BCUT2D eigenvalue weighted by molar-refractivity contribution is -0.115. The molecule has 0 saturated heterocycles. The maximum Gasteiger partial charge on any atom is 0.258 e. The van der Waals surface area contributed by atoms with E-state index in [0.717, 1.165) is 16.7 Å². The molecular weight excluding hydrogens is 356 g/mol. The normalized spacial score (nSPS) is 10.8. The highest BCUT2D eigenvalue weighted by molar-refractivity contribution is 6.02. The van der Waals surface area contributed by atoms with Gasteiger partial charge in [-0.05, 0) is 42.8 Å². The molecule has 0 bridgehead atoms. The Morgan fingerprint density at radius 3 is 2.57 bits per heavy atom. The van der Waals surface area contributed by atoms with Crippen molar-refractivity contribution in [2.75, 3.05) is 25.6 Å². The fourth-order valence-corrected chi connectivity index (χ4v) is 3.04. The number of carbonyl (C=O) groups excluding carboxylic acids is 1. The zero-order valence-electron chi connectivity index (χ0n) is 16.1. The molecule has 1 aromatic heterocycles. The maximum absolute atomic E-state index is 12.6. The first-order chi connectivity index (χ1) is 13.6. The van der Waals surface area contributed by atoms with Crippen LogP contribution in [0.3, 0.4) is 0 Å². The molecule has 0 fully saturated rings. The second-order valence-electron chi connectivity index (χ2n) is 6.38. The van der Waals surface area contributed by atoms with Gasteiger partial charge in [0, 0.05) is 36.3 Å². The lowest BCUT2D eigenvalue weighted by Gasteiger charge is -2.11. The van der Waals surface area contributed by atoms with E-state index in [2.05, 4.69) is 5.32 Å². The summed E-state index contributed by atoms with van der Waals surface area (Å²) in [6, 6.07) is 14.7. The van der Waals surface area contributed by atoms with Crippen molar-refractivity contribution in [3.63, 3.8) is 0 Å². The van der Waals surface area contributed by atoms with E-state index in [1.165, 1.54) is 0 Å². The van der Waals surface area contributed by atoms with Crippen LogP contribution in [-0.4, -0.2) is 30.8 Å². The Hall–Kier alpha value is -3.12. The first-order valence-electron chi connectivity index (χ1n) is 9.25. The van der Waals surface area contributed by atoms with Crippen LogP contribution in [0.4, 0.5) is 5.69 Å². The molecule has 146 valence electrons. The molecule has 0 radical (unpaired) electrons. The predicted molar refractivity (Wildman–Crippen MR) is 110 cm³/mol. The zero-order valence-corrected chi connectivity index (χ0v) is 16.1. The van der Waals surface area contributed by atoms with Crippen LogP contribution in [-0.2, 0) is 22.5 Å². The Morgan fingerprint density at radius 2 is 1.86 bits per heavy atom. The summed E-state index contributed by atoms with van der Waals surface area (Å²) in [7, 11) is 1.60. The van der Waals surface area contributed by atoms with E-state index in [1.54, 1.807) is 36.1 Å². The summed E-state index contributed by atoms with van der Waals surface area (Å²) < 4.78 is 12.1. The second kappa shape index (κ2) is 9.19. The zero-order chi connectivity index (χ0) is 19.9. The largest absolute Gasteiger partial charge is 0.494 e. The number of hydrogen-bond acceptors (Lipinski definition) is 4. The van der Waals surface area contributed by atoms with Crippen LogP contribution < -0.4 is 15.6 Å². The van der Waals surface area contributed by atoms with Crippen LogP contribution in [0, 0.1) is 0 Å². The Bertz CT molecular complexity index is 1010. The quantitative estimate of drug-likeness (QED) is 0.651. The number of anilines is 1. The van der Waals surface area contributed by atoms with Crippen LogP contribution in [0.15, 0.2) is 59.5 Å². The molecule has 3 rings (SSSR count). The van der Waals surface area contributed by atoms with E-state index >= 15 is 0 Å². The van der Waals surface area contributed by atoms with Crippen molar-refractivity contribution in [1.29, 1.82) is 0 Å². The molecule has 0 aliphatic rings. The van der Waals surface area contributed by atoms with Gasteiger partial charge < -0.3 is 19.4 Å². The van der Waals surface area contributed by atoms with Crippen molar-refractivity contribution in [2.45, 2.75) is 19.9 Å². The van der Waals surface area contributed by atoms with Gasteiger partial charge in [0.2, 0.25) is 5.91 Å². The molecule has 0 unspecified atom stereocenters. The summed E-state index contributed by atoms with van der Waals surface area (Å²) in [6.45, 7) is 3.48. The first kappa shape index (κ1) is 19.6. The number of benzene rings is 2. The summed E-state index contributed by atoms with van der Waals surface area (Å²) >= 11 is 0. The van der Waals surface area contributed by atoms with E-state index in [4.69, 9.17) is 9.47 Å². The SMILES string of the molecule is CCOc1ccc(CC(=O)Nc2cccc3c(=O)n(CCOC)ccc23)cc1. The molecule has 2 aromatic carbocycles. The van der Waals surface area contributed by atoms with Crippen molar-refractivity contribution in [1.82, 2.24) is 4.57 Å². The fourth-order valence-electron chi connectivity index (χ4n) is 3.04. The van der Waals surface area contributed by atoms with E-state index < -0.39 is 0 Å². The third kappa shape index (κ3) is 4.58. The minimum absolute atomic E-state index is 0.0999. The van der Waals surface area contributed by atoms with E-state index in [9.17, 15) is 9.59 Å². The van der Waals surface area contributed by atoms with Gasteiger partial charge in [0.05, 0.1) is 19.6 Å². The monoisotopic (exact) mass is 380 g/mol. The number of pyridine rings is 1. The van der Waals surface area contributed by atoms with Crippen molar-refractivity contribution in [2.24, 2.45) is 0 Å². The van der Waals surface area contributed by atoms with Gasteiger partial charge in [-0.1, -0.05) is 18.2 Å². The number of carbonyl (C=O) groups is 1. The number of fused-ring (bicyclic) bond motifs is 1. The number of aromatic nitrogens is 1. The minimum Gasteiger partial charge on any atom is -0.494 e. The highest BCUT2D eigenvalue weighted by atomic mass is 16.5. The lowest BCUT2D eigenvalue weighted by Crippen LogP contribution is -2.22. The van der Waals surface area contributed by atoms with Gasteiger partial charge in [0.1, 0.15) is 5.75 Å². The molecule has 0 aliphatic heterocycles. The van der Waals surface area contributed by atoms with Gasteiger partial charge in [-0.15, -0.1) is 0 Å². The van der Waals surface area contributed by atoms with Gasteiger partial charge in [0.25, 0.3) is 5.56 Å².